The quantitative estimate of drug-likeness (QED) is 0.179. The summed E-state index contributed by atoms with van der Waals surface area (Å²) in [5, 5.41) is 14.7. The zero-order chi connectivity index (χ0) is 41.0. The van der Waals surface area contributed by atoms with Gasteiger partial charge in [0.05, 0.1) is 23.9 Å². The summed E-state index contributed by atoms with van der Waals surface area (Å²) in [7, 11) is 5.24. The normalized spacial score (nSPS) is 38.0. The van der Waals surface area contributed by atoms with Crippen molar-refractivity contribution >= 4 is 29.4 Å². The van der Waals surface area contributed by atoms with Gasteiger partial charge in [-0.2, -0.15) is 0 Å². The number of aromatic nitrogens is 1. The molecule has 55 heavy (non-hydrogen) atoms. The number of methoxy groups -OCH3 is 1. The fraction of sp³-hybridized carbons (Fsp3) is 0.780. The second-order valence-corrected chi connectivity index (χ2v) is 16.7. The average Bonchev–Trinajstić information content (AvgIpc) is 3.40. The van der Waals surface area contributed by atoms with E-state index in [2.05, 4.69) is 10.3 Å². The number of fused-ring (bicyclic) bond motifs is 1. The van der Waals surface area contributed by atoms with E-state index in [0.29, 0.717) is 32.4 Å². The van der Waals surface area contributed by atoms with E-state index >= 15 is 0 Å². The number of amides is 1. The smallest absolute Gasteiger partial charge is 0.410 e. The molecule has 3 fully saturated rings. The molecule has 1 aromatic heterocycles. The number of carbonyl (C=O) groups excluding carboxylic acids is 4. The zero-order valence-electron chi connectivity index (χ0n) is 35.0. The molecular weight excluding hydrogens is 708 g/mol. The maximum absolute atomic E-state index is 14.6. The van der Waals surface area contributed by atoms with Crippen molar-refractivity contribution in [2.24, 2.45) is 23.7 Å². The minimum Gasteiger partial charge on any atom is -0.458 e. The van der Waals surface area contributed by atoms with Crippen LogP contribution in [0.4, 0.5) is 10.6 Å². The summed E-state index contributed by atoms with van der Waals surface area (Å²) in [4.78, 5) is 64.5. The highest BCUT2D eigenvalue weighted by Crippen LogP contribution is 2.43. The standard InChI is InChI=1S/C41H66N4O10/c1-13-30-41(9)35(45(39(50)55-41)20-15-14-19-42-31-18-16-17-24(3)43-31)26(5)32(46)23(2)22-40(8,51-12)36(27(6)33(47)28(7)37(49)53-30)54-38-34(48)29(44(10)11)21-25(4)52-38/h16-18,23,25-30,34-36,38,48H,13-15,19-22H2,1-12H3,(H,42,43)/t23-,25-,26+,27-,28-,29+,30-,34-,35+,36-,38?,40-,41-/m1/s1. The third-order valence-electron chi connectivity index (χ3n) is 12.2. The van der Waals surface area contributed by atoms with Gasteiger partial charge in [0.2, 0.25) is 0 Å². The van der Waals surface area contributed by atoms with Crippen molar-refractivity contribution in [3.05, 3.63) is 23.9 Å². The number of carbonyl (C=O) groups is 4. The molecule has 0 aliphatic carbocycles. The number of aliphatic hydroxyl groups is 1. The topological polar surface area (TPSA) is 166 Å². The third kappa shape index (κ3) is 9.69. The van der Waals surface area contributed by atoms with Crippen molar-refractivity contribution < 1.29 is 48.0 Å². The van der Waals surface area contributed by atoms with Crippen LogP contribution in [0, 0.1) is 30.6 Å². The van der Waals surface area contributed by atoms with Crippen LogP contribution in [0.25, 0.3) is 0 Å². The molecule has 1 amide bonds. The molecule has 310 valence electrons. The van der Waals surface area contributed by atoms with Crippen LogP contribution in [0.3, 0.4) is 0 Å². The fourth-order valence-electron chi connectivity index (χ4n) is 8.97. The summed E-state index contributed by atoms with van der Waals surface area (Å²) in [6.07, 6.45) is -2.67. The Balaban J connectivity index is 1.68. The number of aryl methyl sites for hydroxylation is 1. The Hall–Kier alpha value is -3.17. The van der Waals surface area contributed by atoms with Crippen LogP contribution >= 0.6 is 0 Å². The first kappa shape index (κ1) is 44.5. The van der Waals surface area contributed by atoms with Gasteiger partial charge in [0, 0.05) is 49.7 Å². The molecule has 1 unspecified atom stereocenters. The van der Waals surface area contributed by atoms with Gasteiger partial charge in [0.25, 0.3) is 0 Å². The minimum atomic E-state index is -1.39. The van der Waals surface area contributed by atoms with E-state index in [0.717, 1.165) is 11.5 Å². The second-order valence-electron chi connectivity index (χ2n) is 16.7. The minimum absolute atomic E-state index is 0.136. The van der Waals surface area contributed by atoms with Crippen LogP contribution in [0.5, 0.6) is 0 Å². The number of aliphatic hydroxyl groups excluding tert-OH is 1. The first-order chi connectivity index (χ1) is 25.8. The number of pyridine rings is 1. The van der Waals surface area contributed by atoms with E-state index in [4.69, 9.17) is 23.7 Å². The number of anilines is 1. The maximum Gasteiger partial charge on any atom is 0.410 e. The van der Waals surface area contributed by atoms with Crippen LogP contribution in [0.15, 0.2) is 18.2 Å². The number of unbranched alkanes of at least 4 members (excludes halogenated alkanes) is 1. The van der Waals surface area contributed by atoms with E-state index in [1.54, 1.807) is 32.6 Å². The van der Waals surface area contributed by atoms with Gasteiger partial charge in [0.1, 0.15) is 29.7 Å². The molecule has 13 atom stereocenters. The van der Waals surface area contributed by atoms with Crippen molar-refractivity contribution in [1.29, 1.82) is 0 Å². The van der Waals surface area contributed by atoms with E-state index in [1.807, 2.05) is 64.9 Å². The molecule has 3 aliphatic rings. The first-order valence-electron chi connectivity index (χ1n) is 19.9. The fourth-order valence-corrected chi connectivity index (χ4v) is 8.97. The summed E-state index contributed by atoms with van der Waals surface area (Å²) >= 11 is 0. The van der Waals surface area contributed by atoms with E-state index < -0.39 is 83.4 Å². The number of ketones is 2. The number of nitrogens with one attached hydrogen (secondary N) is 1. The predicted molar refractivity (Wildman–Crippen MR) is 206 cm³/mol. The van der Waals surface area contributed by atoms with Gasteiger partial charge in [-0.1, -0.05) is 33.8 Å². The van der Waals surface area contributed by atoms with Gasteiger partial charge in [-0.15, -0.1) is 0 Å². The molecule has 0 spiro atoms. The monoisotopic (exact) mass is 774 g/mol. The maximum atomic E-state index is 14.6. The van der Waals surface area contributed by atoms with Gasteiger partial charge < -0.3 is 43.9 Å². The van der Waals surface area contributed by atoms with Gasteiger partial charge in [-0.25, -0.2) is 9.78 Å². The van der Waals surface area contributed by atoms with E-state index in [-0.39, 0.29) is 30.8 Å². The highest BCUT2D eigenvalue weighted by atomic mass is 16.7. The summed E-state index contributed by atoms with van der Waals surface area (Å²) < 4.78 is 31.1. The number of Topliss-reactive ketones (excluding diaryl/α,β-unsaturated/α-hetero) is 2. The Morgan fingerprint density at radius 2 is 1.73 bits per heavy atom. The molecule has 2 N–H and O–H groups in total. The largest absolute Gasteiger partial charge is 0.458 e. The predicted octanol–water partition coefficient (Wildman–Crippen LogP) is 4.79. The molecule has 1 aromatic rings. The summed E-state index contributed by atoms with van der Waals surface area (Å²) in [6, 6.07) is 4.71. The lowest BCUT2D eigenvalue weighted by atomic mass is 9.73. The molecule has 14 nitrogen and oxygen atoms in total. The molecule has 0 saturated carbocycles. The number of cyclic esters (lactones) is 1. The molecule has 0 bridgehead atoms. The number of likely N-dealkylation sites (N-methyl/N-ethyl adjacent to an activating group) is 1. The lowest BCUT2D eigenvalue weighted by Crippen LogP contribution is -2.60. The second kappa shape index (κ2) is 18.4. The van der Waals surface area contributed by atoms with Crippen LogP contribution in [-0.4, -0.2) is 132 Å². The van der Waals surface area contributed by atoms with Crippen LogP contribution in [-0.2, 0) is 38.1 Å². The number of esters is 1. The SMILES string of the molecule is CC[C@H]1OC(=O)[C@H](C)C(=O)[C@@H](C)[C@@H](OC2O[C@H](C)C[C@H](N(C)C)[C@H]2O)[C@](C)(OC)C[C@@H](C)C(=O)[C@H](C)[C@@H]2N(CCCCNc3cccc(C)n3)C(=O)O[C@@]21C. The Bertz CT molecular complexity index is 1510. The van der Waals surface area contributed by atoms with E-state index in [9.17, 15) is 24.3 Å². The molecule has 0 aromatic carbocycles. The number of hydrogen-bond acceptors (Lipinski definition) is 13. The van der Waals surface area contributed by atoms with Crippen molar-refractivity contribution in [2.75, 3.05) is 39.6 Å². The number of nitrogens with zero attached hydrogens (tertiary/aromatic N) is 3. The Kier molecular flexibility index (Phi) is 14.9. The summed E-state index contributed by atoms with van der Waals surface area (Å²) in [5.74, 6) is -4.13. The third-order valence-corrected chi connectivity index (χ3v) is 12.2. The highest BCUT2D eigenvalue weighted by Gasteiger charge is 2.60. The number of rotatable bonds is 11. The van der Waals surface area contributed by atoms with Crippen molar-refractivity contribution in [1.82, 2.24) is 14.8 Å². The van der Waals surface area contributed by atoms with Crippen molar-refractivity contribution in [3.8, 4) is 0 Å². The van der Waals surface area contributed by atoms with Gasteiger partial charge in [-0.3, -0.25) is 14.4 Å². The average molecular weight is 775 g/mol. The molecular formula is C41H66N4O10. The van der Waals surface area contributed by atoms with Crippen LogP contribution in [0.2, 0.25) is 0 Å². The summed E-state index contributed by atoms with van der Waals surface area (Å²) in [5.41, 5.74) is -1.74. The van der Waals surface area contributed by atoms with Gasteiger partial charge in [0.15, 0.2) is 17.7 Å². The van der Waals surface area contributed by atoms with Gasteiger partial charge >= 0.3 is 12.1 Å². The number of hydrogen-bond donors (Lipinski definition) is 2. The molecule has 3 saturated heterocycles. The summed E-state index contributed by atoms with van der Waals surface area (Å²) in [6.45, 7) is 16.9. The lowest BCUT2D eigenvalue weighted by Gasteiger charge is -2.47. The van der Waals surface area contributed by atoms with E-state index in [1.165, 1.54) is 14.0 Å². The lowest BCUT2D eigenvalue weighted by molar-refractivity contribution is -0.295. The molecule has 14 heteroatoms. The van der Waals surface area contributed by atoms with Crippen molar-refractivity contribution in [3.63, 3.8) is 0 Å². The molecule has 0 radical (unpaired) electrons. The first-order valence-corrected chi connectivity index (χ1v) is 19.9. The highest BCUT2D eigenvalue weighted by molar-refractivity contribution is 6.00. The zero-order valence-corrected chi connectivity index (χ0v) is 35.0. The van der Waals surface area contributed by atoms with Crippen LogP contribution in [0.1, 0.15) is 93.2 Å². The Morgan fingerprint density at radius 3 is 2.35 bits per heavy atom. The Labute approximate surface area is 327 Å². The Morgan fingerprint density at radius 1 is 1.04 bits per heavy atom. The number of ether oxygens (including phenoxy) is 5. The molecule has 3 aliphatic heterocycles. The van der Waals surface area contributed by atoms with Crippen molar-refractivity contribution in [2.45, 2.75) is 148 Å². The molecule has 4 heterocycles. The van der Waals surface area contributed by atoms with Gasteiger partial charge in [-0.05, 0) is 93.0 Å². The van der Waals surface area contributed by atoms with Crippen LogP contribution < -0.4 is 5.32 Å². The molecule has 4 rings (SSSR count).